The molecule has 0 unspecified atom stereocenters. The van der Waals surface area contributed by atoms with Crippen molar-refractivity contribution in [3.05, 3.63) is 88.9 Å². The molecule has 3 aromatic rings. The summed E-state index contributed by atoms with van der Waals surface area (Å²) in [6, 6.07) is 10.2. The first-order valence-electron chi connectivity index (χ1n) is 8.10. The van der Waals surface area contributed by atoms with Gasteiger partial charge in [0.05, 0.1) is 5.69 Å². The molecule has 1 N–H and O–H groups in total. The Morgan fingerprint density at radius 3 is 2.54 bits per heavy atom. The van der Waals surface area contributed by atoms with Crippen LogP contribution in [0, 0.1) is 17.5 Å². The molecule has 2 aromatic carbocycles. The van der Waals surface area contributed by atoms with Crippen LogP contribution in [0.15, 0.2) is 54.7 Å². The number of rotatable bonds is 2. The Balaban J connectivity index is 1.85. The zero-order valence-electron chi connectivity index (χ0n) is 13.6. The number of aromatic nitrogens is 2. The van der Waals surface area contributed by atoms with Crippen molar-refractivity contribution in [1.82, 2.24) is 15.5 Å². The molecule has 0 amide bonds. The van der Waals surface area contributed by atoms with Gasteiger partial charge in [-0.05, 0) is 58.7 Å². The van der Waals surface area contributed by atoms with Gasteiger partial charge in [0.25, 0.3) is 0 Å². The summed E-state index contributed by atoms with van der Waals surface area (Å²) in [5, 5.41) is 11.0. The quantitative estimate of drug-likeness (QED) is 0.754. The topological polar surface area (TPSA) is 37.8 Å². The summed E-state index contributed by atoms with van der Waals surface area (Å²) in [6.07, 6.45) is 3.37. The van der Waals surface area contributed by atoms with Crippen molar-refractivity contribution in [1.29, 1.82) is 0 Å². The highest BCUT2D eigenvalue weighted by molar-refractivity contribution is 5.83. The van der Waals surface area contributed by atoms with E-state index in [0.717, 1.165) is 17.7 Å². The van der Waals surface area contributed by atoms with Crippen LogP contribution in [-0.4, -0.2) is 16.7 Å². The first-order valence-corrected chi connectivity index (χ1v) is 8.10. The Labute approximate surface area is 148 Å². The highest BCUT2D eigenvalue weighted by Crippen LogP contribution is 2.33. The van der Waals surface area contributed by atoms with Crippen LogP contribution in [0.5, 0.6) is 0 Å². The second kappa shape index (κ2) is 6.72. The maximum atomic E-state index is 14.8. The Bertz CT molecular complexity index is 1000. The molecule has 0 saturated carbocycles. The summed E-state index contributed by atoms with van der Waals surface area (Å²) < 4.78 is 41.7. The number of nitrogens with zero attached hydrogens (tertiary/aromatic N) is 2. The van der Waals surface area contributed by atoms with Gasteiger partial charge in [-0.1, -0.05) is 12.1 Å². The Morgan fingerprint density at radius 1 is 0.885 bits per heavy atom. The molecule has 1 aliphatic heterocycles. The predicted octanol–water partition coefficient (Wildman–Crippen LogP) is 4.10. The van der Waals surface area contributed by atoms with E-state index in [1.807, 2.05) is 6.08 Å². The normalized spacial score (nSPS) is 13.7. The lowest BCUT2D eigenvalue weighted by molar-refractivity contribution is 0.508. The van der Waals surface area contributed by atoms with Crippen LogP contribution in [0.4, 0.5) is 13.2 Å². The zero-order valence-corrected chi connectivity index (χ0v) is 13.6. The maximum Gasteiger partial charge on any atom is 0.159 e. The molecule has 2 heterocycles. The fourth-order valence-electron chi connectivity index (χ4n) is 3.08. The summed E-state index contributed by atoms with van der Waals surface area (Å²) in [5.41, 5.74) is 3.45. The number of benzene rings is 2. The second-order valence-electron chi connectivity index (χ2n) is 5.98. The number of fused-ring (bicyclic) bond motifs is 1. The van der Waals surface area contributed by atoms with Crippen molar-refractivity contribution in [3.8, 4) is 11.3 Å². The monoisotopic (exact) mass is 353 g/mol. The molecular weight excluding hydrogens is 339 g/mol. The average molecular weight is 353 g/mol. The third-order valence-corrected chi connectivity index (χ3v) is 4.33. The van der Waals surface area contributed by atoms with Crippen LogP contribution in [0.1, 0.15) is 16.7 Å². The van der Waals surface area contributed by atoms with Crippen LogP contribution in [-0.2, 0) is 6.54 Å². The minimum absolute atomic E-state index is 0.352. The van der Waals surface area contributed by atoms with Crippen LogP contribution in [0.3, 0.4) is 0 Å². The summed E-state index contributed by atoms with van der Waals surface area (Å²) in [4.78, 5) is 0. The summed E-state index contributed by atoms with van der Waals surface area (Å²) >= 11 is 0. The molecule has 26 heavy (non-hydrogen) atoms. The molecule has 1 aromatic heterocycles. The van der Waals surface area contributed by atoms with E-state index < -0.39 is 17.5 Å². The predicted molar refractivity (Wildman–Crippen MR) is 92.6 cm³/mol. The molecule has 0 radical (unpaired) electrons. The smallest absolute Gasteiger partial charge is 0.159 e. The van der Waals surface area contributed by atoms with Gasteiger partial charge in [0, 0.05) is 24.8 Å². The van der Waals surface area contributed by atoms with Crippen molar-refractivity contribution in [2.75, 3.05) is 6.54 Å². The molecule has 0 fully saturated rings. The van der Waals surface area contributed by atoms with Crippen molar-refractivity contribution >= 4 is 5.57 Å². The van der Waals surface area contributed by atoms with Gasteiger partial charge in [-0.25, -0.2) is 13.2 Å². The van der Waals surface area contributed by atoms with E-state index in [1.165, 1.54) is 18.3 Å². The van der Waals surface area contributed by atoms with Gasteiger partial charge < -0.3 is 5.32 Å². The molecule has 3 nitrogen and oxygen atoms in total. The summed E-state index contributed by atoms with van der Waals surface area (Å²) in [6.45, 7) is 1.05. The van der Waals surface area contributed by atoms with Crippen LogP contribution in [0.25, 0.3) is 16.8 Å². The fraction of sp³-hybridized carbons (Fsp3) is 0.100. The molecule has 0 saturated heterocycles. The SMILES string of the molecule is Fc1ccc(C2=CCNCc3cc(-c4cccnn4)c(F)cc32)cc1F. The lowest BCUT2D eigenvalue weighted by atomic mass is 9.92. The number of hydrogen-bond donors (Lipinski definition) is 1. The zero-order chi connectivity index (χ0) is 18.1. The van der Waals surface area contributed by atoms with Gasteiger partial charge in [0.15, 0.2) is 11.6 Å². The van der Waals surface area contributed by atoms with E-state index in [4.69, 9.17) is 0 Å². The standard InChI is InChI=1S/C20H14F3N3/c21-17-4-3-12(9-19(17)23)14-5-7-24-11-13-8-16(18(22)10-15(13)14)20-2-1-6-25-26-20/h1-6,8-10,24H,7,11H2. The van der Waals surface area contributed by atoms with Crippen molar-refractivity contribution in [2.24, 2.45) is 0 Å². The largest absolute Gasteiger partial charge is 0.309 e. The van der Waals surface area contributed by atoms with Crippen LogP contribution >= 0.6 is 0 Å². The molecule has 130 valence electrons. The average Bonchev–Trinajstić information content (AvgIpc) is 2.86. The first-order chi connectivity index (χ1) is 12.6. The van der Waals surface area contributed by atoms with E-state index in [0.29, 0.717) is 41.0 Å². The molecule has 1 aliphatic rings. The Hall–Kier alpha value is -2.99. The van der Waals surface area contributed by atoms with Gasteiger partial charge in [0.1, 0.15) is 5.82 Å². The van der Waals surface area contributed by atoms with Gasteiger partial charge in [0.2, 0.25) is 0 Å². The maximum absolute atomic E-state index is 14.8. The molecule has 0 aliphatic carbocycles. The molecule has 0 spiro atoms. The lowest BCUT2D eigenvalue weighted by Gasteiger charge is -2.14. The first kappa shape index (κ1) is 16.5. The van der Waals surface area contributed by atoms with Crippen molar-refractivity contribution in [3.63, 3.8) is 0 Å². The lowest BCUT2D eigenvalue weighted by Crippen LogP contribution is -2.11. The van der Waals surface area contributed by atoms with E-state index in [9.17, 15) is 13.2 Å². The van der Waals surface area contributed by atoms with Crippen LogP contribution in [0.2, 0.25) is 0 Å². The van der Waals surface area contributed by atoms with Gasteiger partial charge >= 0.3 is 0 Å². The van der Waals surface area contributed by atoms with E-state index in [1.54, 1.807) is 18.2 Å². The number of hydrogen-bond acceptors (Lipinski definition) is 3. The van der Waals surface area contributed by atoms with Crippen molar-refractivity contribution in [2.45, 2.75) is 6.54 Å². The minimum Gasteiger partial charge on any atom is -0.309 e. The van der Waals surface area contributed by atoms with Crippen molar-refractivity contribution < 1.29 is 13.2 Å². The van der Waals surface area contributed by atoms with E-state index in [-0.39, 0.29) is 0 Å². The van der Waals surface area contributed by atoms with Gasteiger partial charge in [-0.3, -0.25) is 0 Å². The summed E-state index contributed by atoms with van der Waals surface area (Å²) in [5.74, 6) is -2.29. The molecular formula is C20H14F3N3. The second-order valence-corrected chi connectivity index (χ2v) is 5.98. The Morgan fingerprint density at radius 2 is 1.77 bits per heavy atom. The molecule has 0 atom stereocenters. The fourth-order valence-corrected chi connectivity index (χ4v) is 3.08. The van der Waals surface area contributed by atoms with E-state index >= 15 is 0 Å². The third kappa shape index (κ3) is 2.99. The summed E-state index contributed by atoms with van der Waals surface area (Å²) in [7, 11) is 0. The highest BCUT2D eigenvalue weighted by atomic mass is 19.2. The van der Waals surface area contributed by atoms with E-state index in [2.05, 4.69) is 15.5 Å². The van der Waals surface area contributed by atoms with Gasteiger partial charge in [-0.2, -0.15) is 10.2 Å². The van der Waals surface area contributed by atoms with Gasteiger partial charge in [-0.15, -0.1) is 0 Å². The van der Waals surface area contributed by atoms with Crippen LogP contribution < -0.4 is 5.32 Å². The molecule has 6 heteroatoms. The molecule has 0 bridgehead atoms. The highest BCUT2D eigenvalue weighted by Gasteiger charge is 2.19. The number of halogens is 3. The molecule has 4 rings (SSSR count). The Kier molecular flexibility index (Phi) is 4.26. The number of nitrogens with one attached hydrogen (secondary N) is 1. The third-order valence-electron chi connectivity index (χ3n) is 4.33. The minimum atomic E-state index is -0.932.